The maximum Gasteiger partial charge on any atom is 0.243 e. The number of hydrogen-bond acceptors (Lipinski definition) is 2. The van der Waals surface area contributed by atoms with Crippen molar-refractivity contribution in [2.24, 2.45) is 0 Å². The van der Waals surface area contributed by atoms with E-state index in [1.54, 1.807) is 4.90 Å². The van der Waals surface area contributed by atoms with E-state index < -0.39 is 6.04 Å². The van der Waals surface area contributed by atoms with Crippen LogP contribution in [0, 0.1) is 6.92 Å². The van der Waals surface area contributed by atoms with Crippen LogP contribution in [0.1, 0.15) is 75.3 Å². The monoisotopic (exact) mass is 512 g/mol. The molecule has 0 radical (unpaired) electrons. The minimum absolute atomic E-state index is 0.00613. The lowest BCUT2D eigenvalue weighted by molar-refractivity contribution is -0.141. The first kappa shape index (κ1) is 29.2. The van der Waals surface area contributed by atoms with Crippen molar-refractivity contribution >= 4 is 11.8 Å². The maximum atomic E-state index is 13.9. The van der Waals surface area contributed by atoms with Gasteiger partial charge < -0.3 is 10.2 Å². The highest BCUT2D eigenvalue weighted by Gasteiger charge is 2.31. The summed E-state index contributed by atoms with van der Waals surface area (Å²) in [5.41, 5.74) is 5.71. The number of carbonyl (C=O) groups excluding carboxylic acids is 2. The Morgan fingerprint density at radius 2 is 1.50 bits per heavy atom. The van der Waals surface area contributed by atoms with Gasteiger partial charge in [-0.1, -0.05) is 107 Å². The molecule has 0 aromatic heterocycles. The van der Waals surface area contributed by atoms with E-state index in [0.29, 0.717) is 25.8 Å². The van der Waals surface area contributed by atoms with Crippen molar-refractivity contribution in [1.29, 1.82) is 0 Å². The lowest BCUT2D eigenvalue weighted by atomic mass is 9.86. The summed E-state index contributed by atoms with van der Waals surface area (Å²) in [6, 6.07) is 26.1. The molecule has 0 heterocycles. The van der Waals surface area contributed by atoms with Gasteiger partial charge >= 0.3 is 0 Å². The third kappa shape index (κ3) is 8.31. The number of nitrogens with zero attached hydrogens (tertiary/aromatic N) is 1. The Labute approximate surface area is 229 Å². The first-order valence-corrected chi connectivity index (χ1v) is 13.9. The van der Waals surface area contributed by atoms with Crippen LogP contribution in [0.25, 0.3) is 0 Å². The standard InChI is InChI=1S/C34H44N2O2/c1-7-26(3)35-33(38)31(23-28-14-9-8-10-15-28)36(24-29-16-12-11-13-25(29)2)32(37)22-19-27-17-20-30(21-18-27)34(4,5)6/h8-18,20-21,26,31H,7,19,22-24H2,1-6H3,(H,35,38)/t26-,31+/m0/s1. The molecule has 0 bridgehead atoms. The fourth-order valence-corrected chi connectivity index (χ4v) is 4.53. The molecule has 1 N–H and O–H groups in total. The van der Waals surface area contributed by atoms with Crippen LogP contribution in [-0.4, -0.2) is 28.8 Å². The Hall–Kier alpha value is -3.40. The van der Waals surface area contributed by atoms with Crippen molar-refractivity contribution in [3.8, 4) is 0 Å². The van der Waals surface area contributed by atoms with Crippen LogP contribution < -0.4 is 5.32 Å². The highest BCUT2D eigenvalue weighted by Crippen LogP contribution is 2.23. The lowest BCUT2D eigenvalue weighted by Gasteiger charge is -2.33. The third-order valence-electron chi connectivity index (χ3n) is 7.32. The molecular weight excluding hydrogens is 468 g/mol. The molecule has 0 unspecified atom stereocenters. The zero-order valence-electron chi connectivity index (χ0n) is 24.0. The van der Waals surface area contributed by atoms with Crippen molar-refractivity contribution in [1.82, 2.24) is 10.2 Å². The van der Waals surface area contributed by atoms with Gasteiger partial charge in [0.1, 0.15) is 6.04 Å². The van der Waals surface area contributed by atoms with Gasteiger partial charge in [-0.05, 0) is 59.9 Å². The van der Waals surface area contributed by atoms with Crippen LogP contribution in [0.15, 0.2) is 78.9 Å². The van der Waals surface area contributed by atoms with Gasteiger partial charge in [0.2, 0.25) is 11.8 Å². The van der Waals surface area contributed by atoms with Gasteiger partial charge in [0.25, 0.3) is 0 Å². The van der Waals surface area contributed by atoms with Crippen LogP contribution >= 0.6 is 0 Å². The van der Waals surface area contributed by atoms with E-state index in [1.165, 1.54) is 5.56 Å². The van der Waals surface area contributed by atoms with Crippen molar-refractivity contribution in [2.45, 2.75) is 91.3 Å². The summed E-state index contributed by atoms with van der Waals surface area (Å²) in [6.45, 7) is 13.1. The fourth-order valence-electron chi connectivity index (χ4n) is 4.53. The smallest absolute Gasteiger partial charge is 0.243 e. The zero-order chi connectivity index (χ0) is 27.7. The third-order valence-corrected chi connectivity index (χ3v) is 7.32. The van der Waals surface area contributed by atoms with Gasteiger partial charge in [0, 0.05) is 25.4 Å². The molecule has 0 spiro atoms. The number of amides is 2. The summed E-state index contributed by atoms with van der Waals surface area (Å²) in [7, 11) is 0. The number of hydrogen-bond donors (Lipinski definition) is 1. The Balaban J connectivity index is 1.90. The van der Waals surface area contributed by atoms with E-state index in [1.807, 2.05) is 55.5 Å². The first-order valence-electron chi connectivity index (χ1n) is 13.9. The molecule has 0 aliphatic carbocycles. The van der Waals surface area contributed by atoms with E-state index in [4.69, 9.17) is 0 Å². The van der Waals surface area contributed by atoms with Crippen molar-refractivity contribution in [3.63, 3.8) is 0 Å². The number of nitrogens with one attached hydrogen (secondary N) is 1. The van der Waals surface area contributed by atoms with E-state index in [0.717, 1.165) is 28.7 Å². The molecule has 202 valence electrons. The predicted octanol–water partition coefficient (Wildman–Crippen LogP) is 6.78. The second-order valence-corrected chi connectivity index (χ2v) is 11.4. The average molecular weight is 513 g/mol. The Morgan fingerprint density at radius 1 is 0.868 bits per heavy atom. The molecule has 0 saturated heterocycles. The summed E-state index contributed by atoms with van der Waals surface area (Å²) in [4.78, 5) is 29.3. The van der Waals surface area contributed by atoms with Crippen LogP contribution in [0.4, 0.5) is 0 Å². The Kier molecular flexibility index (Phi) is 10.3. The van der Waals surface area contributed by atoms with E-state index in [-0.39, 0.29) is 23.3 Å². The number of carbonyl (C=O) groups is 2. The van der Waals surface area contributed by atoms with Crippen molar-refractivity contribution < 1.29 is 9.59 Å². The van der Waals surface area contributed by atoms with Crippen molar-refractivity contribution in [2.75, 3.05) is 0 Å². The highest BCUT2D eigenvalue weighted by atomic mass is 16.2. The molecule has 3 aromatic carbocycles. The SMILES string of the molecule is CC[C@H](C)NC(=O)[C@@H](Cc1ccccc1)N(Cc1ccccc1C)C(=O)CCc1ccc(C(C)(C)C)cc1. The van der Waals surface area contributed by atoms with Crippen LogP contribution in [0.2, 0.25) is 0 Å². The topological polar surface area (TPSA) is 49.4 Å². The van der Waals surface area contributed by atoms with Crippen LogP contribution in [0.3, 0.4) is 0 Å². The second-order valence-electron chi connectivity index (χ2n) is 11.4. The quantitative estimate of drug-likeness (QED) is 0.308. The van der Waals surface area contributed by atoms with Gasteiger partial charge in [-0.2, -0.15) is 0 Å². The summed E-state index contributed by atoms with van der Waals surface area (Å²) in [5.74, 6) is -0.104. The number of aryl methyl sites for hydroxylation is 2. The van der Waals surface area contributed by atoms with Crippen LogP contribution in [-0.2, 0) is 34.4 Å². The molecule has 3 aromatic rings. The van der Waals surface area contributed by atoms with Gasteiger partial charge in [-0.25, -0.2) is 0 Å². The summed E-state index contributed by atoms with van der Waals surface area (Å²) >= 11 is 0. The van der Waals surface area contributed by atoms with Gasteiger partial charge in [-0.15, -0.1) is 0 Å². The Morgan fingerprint density at radius 3 is 2.11 bits per heavy atom. The predicted molar refractivity (Wildman–Crippen MR) is 157 cm³/mol. The molecular formula is C34H44N2O2. The molecule has 38 heavy (non-hydrogen) atoms. The minimum atomic E-state index is -0.596. The van der Waals surface area contributed by atoms with Crippen molar-refractivity contribution in [3.05, 3.63) is 107 Å². The molecule has 0 fully saturated rings. The van der Waals surface area contributed by atoms with Crippen LogP contribution in [0.5, 0.6) is 0 Å². The fraction of sp³-hybridized carbons (Fsp3) is 0.412. The minimum Gasteiger partial charge on any atom is -0.352 e. The maximum absolute atomic E-state index is 13.9. The molecule has 4 nitrogen and oxygen atoms in total. The molecule has 0 aliphatic rings. The highest BCUT2D eigenvalue weighted by molar-refractivity contribution is 5.88. The van der Waals surface area contributed by atoms with Gasteiger partial charge in [0.05, 0.1) is 0 Å². The van der Waals surface area contributed by atoms with E-state index in [2.05, 4.69) is 70.3 Å². The molecule has 0 saturated carbocycles. The lowest BCUT2D eigenvalue weighted by Crippen LogP contribution is -2.52. The Bertz CT molecular complexity index is 1180. The molecule has 2 atom stereocenters. The normalized spacial score (nSPS) is 13.0. The number of benzene rings is 3. The van der Waals surface area contributed by atoms with Gasteiger partial charge in [0.15, 0.2) is 0 Å². The molecule has 4 heteroatoms. The van der Waals surface area contributed by atoms with Gasteiger partial charge in [-0.3, -0.25) is 9.59 Å². The molecule has 2 amide bonds. The zero-order valence-corrected chi connectivity index (χ0v) is 24.0. The number of rotatable bonds is 11. The van der Waals surface area contributed by atoms with E-state index >= 15 is 0 Å². The molecule has 3 rings (SSSR count). The average Bonchev–Trinajstić information content (AvgIpc) is 2.90. The largest absolute Gasteiger partial charge is 0.352 e. The summed E-state index contributed by atoms with van der Waals surface area (Å²) < 4.78 is 0. The second kappa shape index (κ2) is 13.4. The summed E-state index contributed by atoms with van der Waals surface area (Å²) in [6.07, 6.45) is 2.29. The molecule has 0 aliphatic heterocycles. The summed E-state index contributed by atoms with van der Waals surface area (Å²) in [5, 5.41) is 3.15. The first-order chi connectivity index (χ1) is 18.1. The van der Waals surface area contributed by atoms with E-state index in [9.17, 15) is 9.59 Å².